The van der Waals surface area contributed by atoms with E-state index in [2.05, 4.69) is 22.3 Å². The minimum absolute atomic E-state index is 0.0628. The first-order chi connectivity index (χ1) is 15.1. The SMILES string of the molecule is COc1ccc(NC(=O)CN2CC[C@]3(CCCO3)[C@H](OCc3ccccc3)C2)cc1Cl. The normalized spacial score (nSPS) is 23.7. The fourth-order valence-corrected chi connectivity index (χ4v) is 4.70. The maximum Gasteiger partial charge on any atom is 0.238 e. The molecule has 2 aliphatic rings. The molecule has 1 N–H and O–H groups in total. The summed E-state index contributed by atoms with van der Waals surface area (Å²) in [6.45, 7) is 3.10. The lowest BCUT2D eigenvalue weighted by molar-refractivity contribution is -0.159. The largest absolute Gasteiger partial charge is 0.495 e. The summed E-state index contributed by atoms with van der Waals surface area (Å²) in [6, 6.07) is 15.4. The molecule has 0 bridgehead atoms. The van der Waals surface area contributed by atoms with Gasteiger partial charge in [-0.3, -0.25) is 9.69 Å². The summed E-state index contributed by atoms with van der Waals surface area (Å²) in [6.07, 6.45) is 2.88. The molecule has 2 fully saturated rings. The Kier molecular flexibility index (Phi) is 7.13. The molecule has 6 nitrogen and oxygen atoms in total. The molecule has 2 atom stereocenters. The van der Waals surface area contributed by atoms with E-state index in [4.69, 9.17) is 25.8 Å². The average molecular weight is 445 g/mol. The van der Waals surface area contributed by atoms with Crippen molar-refractivity contribution >= 4 is 23.2 Å². The molecular formula is C24H29ClN2O4. The highest BCUT2D eigenvalue weighted by molar-refractivity contribution is 6.32. The van der Waals surface area contributed by atoms with Crippen LogP contribution in [0.1, 0.15) is 24.8 Å². The molecule has 31 heavy (non-hydrogen) atoms. The Morgan fingerprint density at radius 3 is 2.81 bits per heavy atom. The predicted octanol–water partition coefficient (Wildman–Crippen LogP) is 4.13. The van der Waals surface area contributed by atoms with E-state index in [1.165, 1.54) is 0 Å². The van der Waals surface area contributed by atoms with E-state index < -0.39 is 0 Å². The Balaban J connectivity index is 1.36. The second kappa shape index (κ2) is 10.0. The first-order valence-electron chi connectivity index (χ1n) is 10.7. The molecule has 166 valence electrons. The summed E-state index contributed by atoms with van der Waals surface area (Å²) < 4.78 is 17.7. The fraction of sp³-hybridized carbons (Fsp3) is 0.458. The lowest BCUT2D eigenvalue weighted by Gasteiger charge is -2.44. The van der Waals surface area contributed by atoms with E-state index in [-0.39, 0.29) is 17.6 Å². The van der Waals surface area contributed by atoms with Crippen LogP contribution in [0, 0.1) is 0 Å². The number of amides is 1. The van der Waals surface area contributed by atoms with Gasteiger partial charge in [0.1, 0.15) is 5.75 Å². The van der Waals surface area contributed by atoms with Crippen molar-refractivity contribution in [2.24, 2.45) is 0 Å². The smallest absolute Gasteiger partial charge is 0.238 e. The van der Waals surface area contributed by atoms with Crippen molar-refractivity contribution in [2.45, 2.75) is 37.6 Å². The Morgan fingerprint density at radius 1 is 1.26 bits per heavy atom. The molecule has 0 unspecified atom stereocenters. The molecule has 0 saturated carbocycles. The van der Waals surface area contributed by atoms with E-state index in [0.29, 0.717) is 36.2 Å². The molecule has 2 aromatic rings. The van der Waals surface area contributed by atoms with Gasteiger partial charge in [0.15, 0.2) is 0 Å². The van der Waals surface area contributed by atoms with E-state index >= 15 is 0 Å². The first-order valence-corrected chi connectivity index (χ1v) is 11.1. The van der Waals surface area contributed by atoms with Crippen LogP contribution in [0.15, 0.2) is 48.5 Å². The number of carbonyl (C=O) groups is 1. The number of anilines is 1. The van der Waals surface area contributed by atoms with E-state index in [9.17, 15) is 4.79 Å². The molecule has 0 radical (unpaired) electrons. The van der Waals surface area contributed by atoms with Gasteiger partial charge >= 0.3 is 0 Å². The van der Waals surface area contributed by atoms with Gasteiger partial charge in [0, 0.05) is 25.4 Å². The number of methoxy groups -OCH3 is 1. The third kappa shape index (κ3) is 5.39. The molecule has 1 amide bonds. The number of benzene rings is 2. The molecule has 2 heterocycles. The van der Waals surface area contributed by atoms with Crippen LogP contribution in [0.4, 0.5) is 5.69 Å². The van der Waals surface area contributed by atoms with Crippen LogP contribution in [0.2, 0.25) is 5.02 Å². The summed E-state index contributed by atoms with van der Waals surface area (Å²) in [5.41, 5.74) is 1.56. The van der Waals surface area contributed by atoms with Crippen LogP contribution in [-0.2, 0) is 20.9 Å². The Morgan fingerprint density at radius 2 is 2.10 bits per heavy atom. The number of halogens is 1. The van der Waals surface area contributed by atoms with Crippen molar-refractivity contribution in [1.29, 1.82) is 0 Å². The second-order valence-electron chi connectivity index (χ2n) is 8.18. The highest BCUT2D eigenvalue weighted by Gasteiger charge is 2.47. The van der Waals surface area contributed by atoms with Crippen LogP contribution < -0.4 is 10.1 Å². The third-order valence-corrected chi connectivity index (χ3v) is 6.39. The molecule has 2 aromatic carbocycles. The number of nitrogens with zero attached hydrogens (tertiary/aromatic N) is 1. The minimum Gasteiger partial charge on any atom is -0.495 e. The zero-order valence-corrected chi connectivity index (χ0v) is 18.6. The van der Waals surface area contributed by atoms with Gasteiger partial charge in [-0.05, 0) is 43.0 Å². The van der Waals surface area contributed by atoms with Gasteiger partial charge in [-0.1, -0.05) is 41.9 Å². The Bertz CT molecular complexity index is 886. The quantitative estimate of drug-likeness (QED) is 0.695. The maximum atomic E-state index is 12.6. The molecule has 4 rings (SSSR count). The Hall–Kier alpha value is -2.12. The lowest BCUT2D eigenvalue weighted by Crippen LogP contribution is -2.57. The van der Waals surface area contributed by atoms with Crippen molar-refractivity contribution < 1.29 is 19.0 Å². The average Bonchev–Trinajstić information content (AvgIpc) is 3.24. The fourth-order valence-electron chi connectivity index (χ4n) is 4.44. The van der Waals surface area contributed by atoms with Crippen molar-refractivity contribution in [3.63, 3.8) is 0 Å². The van der Waals surface area contributed by atoms with Crippen molar-refractivity contribution in [1.82, 2.24) is 4.90 Å². The van der Waals surface area contributed by atoms with Crippen LogP contribution >= 0.6 is 11.6 Å². The summed E-state index contributed by atoms with van der Waals surface area (Å²) in [5, 5.41) is 3.39. The second-order valence-corrected chi connectivity index (χ2v) is 8.59. The molecular weight excluding hydrogens is 416 g/mol. The van der Waals surface area contributed by atoms with E-state index in [1.807, 2.05) is 18.2 Å². The summed E-state index contributed by atoms with van der Waals surface area (Å²) in [5.74, 6) is 0.502. The van der Waals surface area contributed by atoms with Crippen LogP contribution in [0.5, 0.6) is 5.75 Å². The number of piperidine rings is 1. The molecule has 7 heteroatoms. The van der Waals surface area contributed by atoms with Gasteiger partial charge in [0.2, 0.25) is 5.91 Å². The molecule has 1 spiro atoms. The monoisotopic (exact) mass is 444 g/mol. The number of hydrogen-bond donors (Lipinski definition) is 1. The molecule has 0 aromatic heterocycles. The molecule has 2 aliphatic heterocycles. The van der Waals surface area contributed by atoms with E-state index in [0.717, 1.165) is 38.0 Å². The molecule has 2 saturated heterocycles. The summed E-state index contributed by atoms with van der Waals surface area (Å²) >= 11 is 6.16. The summed E-state index contributed by atoms with van der Waals surface area (Å²) in [4.78, 5) is 14.8. The zero-order chi connectivity index (χ0) is 21.7. The number of rotatable bonds is 7. The third-order valence-electron chi connectivity index (χ3n) is 6.09. The van der Waals surface area contributed by atoms with Crippen molar-refractivity contribution in [3.8, 4) is 5.75 Å². The maximum absolute atomic E-state index is 12.6. The predicted molar refractivity (Wildman–Crippen MR) is 121 cm³/mol. The number of likely N-dealkylation sites (tertiary alicyclic amines) is 1. The number of hydrogen-bond acceptors (Lipinski definition) is 5. The number of carbonyl (C=O) groups excluding carboxylic acids is 1. The van der Waals surface area contributed by atoms with Crippen LogP contribution in [-0.4, -0.2) is 55.9 Å². The lowest BCUT2D eigenvalue weighted by atomic mass is 9.85. The van der Waals surface area contributed by atoms with Crippen molar-refractivity contribution in [2.75, 3.05) is 38.7 Å². The Labute approximate surface area is 188 Å². The van der Waals surface area contributed by atoms with E-state index in [1.54, 1.807) is 25.3 Å². The van der Waals surface area contributed by atoms with Crippen molar-refractivity contribution in [3.05, 3.63) is 59.1 Å². The topological polar surface area (TPSA) is 60.0 Å². The highest BCUT2D eigenvalue weighted by atomic mass is 35.5. The number of ether oxygens (including phenoxy) is 3. The zero-order valence-electron chi connectivity index (χ0n) is 17.8. The van der Waals surface area contributed by atoms with Crippen LogP contribution in [0.25, 0.3) is 0 Å². The minimum atomic E-state index is -0.231. The molecule has 0 aliphatic carbocycles. The number of nitrogens with one attached hydrogen (secondary N) is 1. The van der Waals surface area contributed by atoms with Gasteiger partial charge in [-0.15, -0.1) is 0 Å². The standard InChI is InChI=1S/C24H29ClN2O4/c1-29-21-9-8-19(14-20(21)25)26-23(28)16-27-12-11-24(10-5-13-31-24)22(15-27)30-17-18-6-3-2-4-7-18/h2-4,6-9,14,22H,5,10-13,15-17H2,1H3,(H,26,28)/t22-,24-/m1/s1. The van der Waals surface area contributed by atoms with Gasteiger partial charge in [0.25, 0.3) is 0 Å². The van der Waals surface area contributed by atoms with Gasteiger partial charge in [-0.2, -0.15) is 0 Å². The first kappa shape index (κ1) is 22.1. The van der Waals surface area contributed by atoms with Gasteiger partial charge < -0.3 is 19.5 Å². The van der Waals surface area contributed by atoms with Gasteiger partial charge in [0.05, 0.1) is 37.0 Å². The highest BCUT2D eigenvalue weighted by Crippen LogP contribution is 2.38. The van der Waals surface area contributed by atoms with Crippen LogP contribution in [0.3, 0.4) is 0 Å². The van der Waals surface area contributed by atoms with Gasteiger partial charge in [-0.25, -0.2) is 0 Å². The summed E-state index contributed by atoms with van der Waals surface area (Å²) in [7, 11) is 1.56.